The van der Waals surface area contributed by atoms with Crippen LogP contribution in [-0.2, 0) is 23.2 Å². The van der Waals surface area contributed by atoms with Crippen molar-refractivity contribution in [2.24, 2.45) is 0 Å². The van der Waals surface area contributed by atoms with Crippen LogP contribution in [0.4, 0.5) is 0 Å². The summed E-state index contributed by atoms with van der Waals surface area (Å²) in [5.74, 6) is -0.444. The number of Topliss-reactive ketones (excluding diaryl/α,β-unsaturated/α-hetero) is 1. The first-order valence-electron chi connectivity index (χ1n) is 4.77. The maximum Gasteiger partial charge on any atom is 0.337 e. The molecule has 0 rings (SSSR count). The molecule has 0 aliphatic heterocycles. The lowest BCUT2D eigenvalue weighted by Gasteiger charge is -2.13. The van der Waals surface area contributed by atoms with Crippen molar-refractivity contribution >= 4 is 19.3 Å². The summed E-state index contributed by atoms with van der Waals surface area (Å²) in [5, 5.41) is 0. The fraction of sp³-hybridized carbons (Fsp3) is 0.778. The molecule has 6 nitrogen and oxygen atoms in total. The van der Waals surface area contributed by atoms with Gasteiger partial charge in [-0.2, -0.15) is 0 Å². The van der Waals surface area contributed by atoms with Crippen LogP contribution in [-0.4, -0.2) is 51.1 Å². The largest absolute Gasteiger partial charge is 0.349 e. The van der Waals surface area contributed by atoms with Gasteiger partial charge in [0.1, 0.15) is 11.9 Å². The summed E-state index contributed by atoms with van der Waals surface area (Å²) >= 11 is 0. The topological polar surface area (TPSA) is 72.9 Å². The van der Waals surface area contributed by atoms with Crippen LogP contribution in [0.2, 0.25) is 0 Å². The summed E-state index contributed by atoms with van der Waals surface area (Å²) < 4.78 is 20.8. The van der Waals surface area contributed by atoms with Crippen molar-refractivity contribution in [1.82, 2.24) is 4.90 Å². The predicted octanol–water partition coefficient (Wildman–Crippen LogP) is 0.910. The molecule has 0 saturated heterocycles. The van der Waals surface area contributed by atoms with Gasteiger partial charge in [-0.1, -0.05) is 0 Å². The van der Waals surface area contributed by atoms with E-state index in [-0.39, 0.29) is 30.7 Å². The van der Waals surface area contributed by atoms with Crippen LogP contribution in [0.5, 0.6) is 0 Å². The molecule has 0 aliphatic carbocycles. The fourth-order valence-electron chi connectivity index (χ4n) is 0.969. The van der Waals surface area contributed by atoms with E-state index in [2.05, 4.69) is 9.05 Å². The van der Waals surface area contributed by atoms with Crippen LogP contribution in [0.25, 0.3) is 0 Å². The van der Waals surface area contributed by atoms with Crippen LogP contribution in [0.3, 0.4) is 0 Å². The molecule has 0 saturated carbocycles. The second-order valence-corrected chi connectivity index (χ2v) is 5.73. The van der Waals surface area contributed by atoms with Gasteiger partial charge in [0.05, 0.1) is 0 Å². The number of hydrogen-bond acceptors (Lipinski definition) is 5. The number of amides is 1. The molecule has 0 aliphatic rings. The van der Waals surface area contributed by atoms with Gasteiger partial charge in [0.15, 0.2) is 0 Å². The maximum atomic E-state index is 11.6. The van der Waals surface area contributed by atoms with Crippen molar-refractivity contribution < 1.29 is 23.2 Å². The van der Waals surface area contributed by atoms with Gasteiger partial charge in [-0.05, 0) is 0 Å². The third kappa shape index (κ3) is 5.39. The number of nitrogens with zero attached hydrogens (tertiary/aromatic N) is 1. The van der Waals surface area contributed by atoms with Crippen LogP contribution >= 0.6 is 7.60 Å². The first kappa shape index (κ1) is 15.3. The molecule has 0 heterocycles. The van der Waals surface area contributed by atoms with Crippen LogP contribution in [0, 0.1) is 0 Å². The zero-order valence-electron chi connectivity index (χ0n) is 10.1. The summed E-state index contributed by atoms with van der Waals surface area (Å²) in [6.07, 6.45) is -0.131. The number of rotatable bonds is 7. The van der Waals surface area contributed by atoms with E-state index in [1.54, 1.807) is 14.1 Å². The number of carbonyl (C=O) groups is 2. The summed E-state index contributed by atoms with van der Waals surface area (Å²) in [6, 6.07) is 0. The Kier molecular flexibility index (Phi) is 6.48. The molecule has 0 spiro atoms. The van der Waals surface area contributed by atoms with E-state index in [1.165, 1.54) is 19.1 Å². The minimum atomic E-state index is -3.30. The van der Waals surface area contributed by atoms with Gasteiger partial charge in [0.2, 0.25) is 5.91 Å². The highest BCUT2D eigenvalue weighted by Crippen LogP contribution is 2.46. The van der Waals surface area contributed by atoms with Gasteiger partial charge in [-0.25, -0.2) is 0 Å². The van der Waals surface area contributed by atoms with E-state index in [4.69, 9.17) is 0 Å². The first-order chi connectivity index (χ1) is 7.34. The van der Waals surface area contributed by atoms with Gasteiger partial charge in [0.25, 0.3) is 0 Å². The molecule has 1 amide bonds. The Morgan fingerprint density at radius 2 is 1.62 bits per heavy atom. The van der Waals surface area contributed by atoms with Crippen LogP contribution < -0.4 is 0 Å². The lowest BCUT2D eigenvalue weighted by Crippen LogP contribution is -2.22. The molecule has 0 aromatic heterocycles. The molecule has 7 heteroatoms. The maximum absolute atomic E-state index is 11.6. The highest BCUT2D eigenvalue weighted by Gasteiger charge is 2.25. The second kappa shape index (κ2) is 6.78. The molecule has 0 unspecified atom stereocenters. The van der Waals surface area contributed by atoms with Crippen molar-refractivity contribution in [1.29, 1.82) is 0 Å². The van der Waals surface area contributed by atoms with E-state index >= 15 is 0 Å². The molecule has 0 aromatic rings. The molecule has 0 bridgehead atoms. The van der Waals surface area contributed by atoms with Crippen LogP contribution in [0.1, 0.15) is 12.8 Å². The lowest BCUT2D eigenvalue weighted by molar-refractivity contribution is -0.130. The number of ketones is 1. The van der Waals surface area contributed by atoms with Crippen molar-refractivity contribution in [3.8, 4) is 0 Å². The van der Waals surface area contributed by atoms with Gasteiger partial charge in [-0.3, -0.25) is 14.2 Å². The molecule has 0 fully saturated rings. The SMILES string of the molecule is COP(=O)(CC(=O)CCC(=O)N(C)C)OC. The molecule has 0 atom stereocenters. The molecule has 0 N–H and O–H groups in total. The predicted molar refractivity (Wildman–Crippen MR) is 59.4 cm³/mol. The minimum Gasteiger partial charge on any atom is -0.349 e. The van der Waals surface area contributed by atoms with E-state index in [9.17, 15) is 14.2 Å². The second-order valence-electron chi connectivity index (χ2n) is 3.46. The smallest absolute Gasteiger partial charge is 0.337 e. The number of hydrogen-bond donors (Lipinski definition) is 0. The van der Waals surface area contributed by atoms with Gasteiger partial charge < -0.3 is 13.9 Å². The Hall–Kier alpha value is -0.710. The minimum absolute atomic E-state index is 0.0493. The van der Waals surface area contributed by atoms with Gasteiger partial charge >= 0.3 is 7.60 Å². The highest BCUT2D eigenvalue weighted by atomic mass is 31.2. The molecule has 94 valence electrons. The van der Waals surface area contributed by atoms with E-state index in [0.29, 0.717) is 0 Å². The number of carbonyl (C=O) groups excluding carboxylic acids is 2. The quantitative estimate of drug-likeness (QED) is 0.629. The third-order valence-corrected chi connectivity index (χ3v) is 3.90. The van der Waals surface area contributed by atoms with Crippen molar-refractivity contribution in [3.05, 3.63) is 0 Å². The molecule has 0 aromatic carbocycles. The Morgan fingerprint density at radius 1 is 1.12 bits per heavy atom. The summed E-state index contributed by atoms with van der Waals surface area (Å²) in [4.78, 5) is 24.0. The highest BCUT2D eigenvalue weighted by molar-refractivity contribution is 7.54. The lowest BCUT2D eigenvalue weighted by atomic mass is 10.2. The zero-order valence-corrected chi connectivity index (χ0v) is 11.0. The Balaban J connectivity index is 4.10. The van der Waals surface area contributed by atoms with Gasteiger partial charge in [-0.15, -0.1) is 0 Å². The van der Waals surface area contributed by atoms with Crippen molar-refractivity contribution in [2.75, 3.05) is 34.5 Å². The molecular weight excluding hydrogens is 233 g/mol. The van der Waals surface area contributed by atoms with E-state index < -0.39 is 7.60 Å². The average Bonchev–Trinajstić information content (AvgIpc) is 2.25. The molecular formula is C9H18NO5P. The normalized spacial score (nSPS) is 11.2. The molecule has 16 heavy (non-hydrogen) atoms. The summed E-state index contributed by atoms with van der Waals surface area (Å²) in [5.41, 5.74) is 0. The summed E-state index contributed by atoms with van der Waals surface area (Å²) in [6.45, 7) is 0. The van der Waals surface area contributed by atoms with Crippen molar-refractivity contribution in [2.45, 2.75) is 12.8 Å². The van der Waals surface area contributed by atoms with E-state index in [0.717, 1.165) is 0 Å². The van der Waals surface area contributed by atoms with E-state index in [1.807, 2.05) is 0 Å². The summed E-state index contributed by atoms with van der Waals surface area (Å²) in [7, 11) is 2.38. The average molecular weight is 251 g/mol. The molecule has 0 radical (unpaired) electrons. The Bertz CT molecular complexity index is 294. The first-order valence-corrected chi connectivity index (χ1v) is 6.50. The van der Waals surface area contributed by atoms with Gasteiger partial charge in [0, 0.05) is 41.2 Å². The van der Waals surface area contributed by atoms with Crippen molar-refractivity contribution in [3.63, 3.8) is 0 Å². The third-order valence-electron chi connectivity index (χ3n) is 2.04. The standard InChI is InChI=1S/C9H18NO5P/c1-10(2)9(12)6-5-8(11)7-16(13,14-3)15-4/h5-7H2,1-4H3. The zero-order chi connectivity index (χ0) is 12.8. The van der Waals surface area contributed by atoms with Crippen LogP contribution in [0.15, 0.2) is 0 Å². The Labute approximate surface area is 95.4 Å². The Morgan fingerprint density at radius 3 is 2.00 bits per heavy atom. The monoisotopic (exact) mass is 251 g/mol. The fourth-order valence-corrected chi connectivity index (χ4v) is 1.97.